The second-order valence-corrected chi connectivity index (χ2v) is 13.4. The third kappa shape index (κ3) is 9.65. The Bertz CT molecular complexity index is 1490. The van der Waals surface area contributed by atoms with Gasteiger partial charge in [-0.05, 0) is 57.4 Å². The molecule has 0 aromatic heterocycles. The van der Waals surface area contributed by atoms with Crippen molar-refractivity contribution < 1.29 is 26.8 Å². The molecular formula is C32H39F2N3O4S. The molecule has 3 rings (SSSR count). The predicted molar refractivity (Wildman–Crippen MR) is 161 cm³/mol. The van der Waals surface area contributed by atoms with Gasteiger partial charge in [0.2, 0.25) is 21.8 Å². The summed E-state index contributed by atoms with van der Waals surface area (Å²) in [5.74, 6) is -2.89. The normalized spacial score (nSPS) is 12.5. The molecule has 10 heteroatoms. The van der Waals surface area contributed by atoms with Crippen LogP contribution >= 0.6 is 0 Å². The Morgan fingerprint density at radius 2 is 1.57 bits per heavy atom. The van der Waals surface area contributed by atoms with Crippen molar-refractivity contribution in [3.63, 3.8) is 0 Å². The Hall–Kier alpha value is -3.79. The van der Waals surface area contributed by atoms with Crippen molar-refractivity contribution in [2.45, 2.75) is 65.1 Å². The quantitative estimate of drug-likeness (QED) is 0.303. The van der Waals surface area contributed by atoms with Crippen LogP contribution in [0.3, 0.4) is 0 Å². The summed E-state index contributed by atoms with van der Waals surface area (Å²) < 4.78 is 53.3. The van der Waals surface area contributed by atoms with E-state index in [4.69, 9.17) is 0 Å². The third-order valence-electron chi connectivity index (χ3n) is 6.55. The van der Waals surface area contributed by atoms with E-state index in [-0.39, 0.29) is 49.9 Å². The monoisotopic (exact) mass is 599 g/mol. The maximum Gasteiger partial charge on any atom is 0.243 e. The van der Waals surface area contributed by atoms with Crippen LogP contribution in [0.5, 0.6) is 0 Å². The first-order valence-corrected chi connectivity index (χ1v) is 15.6. The van der Waals surface area contributed by atoms with Gasteiger partial charge in [-0.1, -0.05) is 60.2 Å². The summed E-state index contributed by atoms with van der Waals surface area (Å²) in [4.78, 5) is 29.1. The Labute approximate surface area is 247 Å². The number of carbonyl (C=O) groups excluding carboxylic acids is 2. The molecule has 226 valence electrons. The van der Waals surface area contributed by atoms with Crippen LogP contribution in [0.25, 0.3) is 0 Å². The molecule has 0 aliphatic carbocycles. The maximum absolute atomic E-state index is 13.9. The summed E-state index contributed by atoms with van der Waals surface area (Å²) in [5.41, 5.74) is 2.17. The molecule has 0 radical (unpaired) electrons. The number of nitrogens with one attached hydrogen (secondary N) is 1. The smallest absolute Gasteiger partial charge is 0.243 e. The van der Waals surface area contributed by atoms with Gasteiger partial charge in [0.1, 0.15) is 6.04 Å². The third-order valence-corrected chi connectivity index (χ3v) is 7.74. The molecule has 0 fully saturated rings. The maximum atomic E-state index is 13.9. The number of amides is 2. The van der Waals surface area contributed by atoms with Crippen molar-refractivity contribution in [3.05, 3.63) is 101 Å². The number of hydrogen-bond donors (Lipinski definition) is 1. The van der Waals surface area contributed by atoms with E-state index >= 15 is 0 Å². The average molecular weight is 600 g/mol. The lowest BCUT2D eigenvalue weighted by molar-refractivity contribution is -0.142. The molecule has 7 nitrogen and oxygen atoms in total. The van der Waals surface area contributed by atoms with Gasteiger partial charge in [-0.3, -0.25) is 13.9 Å². The summed E-state index contributed by atoms with van der Waals surface area (Å²) in [5, 5.41) is 3.01. The number of hydrogen-bond acceptors (Lipinski definition) is 4. The second kappa shape index (κ2) is 13.9. The van der Waals surface area contributed by atoms with Gasteiger partial charge in [0.25, 0.3) is 0 Å². The zero-order valence-electron chi connectivity index (χ0n) is 24.7. The highest BCUT2D eigenvalue weighted by Crippen LogP contribution is 2.22. The molecule has 3 aromatic rings. The molecule has 0 saturated heterocycles. The topological polar surface area (TPSA) is 86.8 Å². The molecule has 0 unspecified atom stereocenters. The summed E-state index contributed by atoms with van der Waals surface area (Å²) in [6, 6.07) is 19.1. The van der Waals surface area contributed by atoms with E-state index in [1.807, 2.05) is 82.3 Å². The first-order valence-electron chi connectivity index (χ1n) is 13.8. The van der Waals surface area contributed by atoms with Crippen LogP contribution < -0.4 is 9.62 Å². The van der Waals surface area contributed by atoms with Gasteiger partial charge < -0.3 is 10.2 Å². The van der Waals surface area contributed by atoms with E-state index in [0.717, 1.165) is 39.4 Å². The summed E-state index contributed by atoms with van der Waals surface area (Å²) >= 11 is 0. The zero-order valence-corrected chi connectivity index (χ0v) is 25.5. The van der Waals surface area contributed by atoms with Crippen molar-refractivity contribution in [2.75, 3.05) is 17.1 Å². The Balaban J connectivity index is 1.91. The van der Waals surface area contributed by atoms with E-state index in [0.29, 0.717) is 0 Å². The van der Waals surface area contributed by atoms with Gasteiger partial charge in [0, 0.05) is 37.5 Å². The van der Waals surface area contributed by atoms with Crippen molar-refractivity contribution in [3.8, 4) is 0 Å². The lowest BCUT2D eigenvalue weighted by atomic mass is 10.00. The number of aryl methyl sites for hydroxylation is 1. The Kier molecular flexibility index (Phi) is 10.8. The standard InChI is InChI=1S/C32H39F2N3O4S/c1-23-11-9-14-25(19-23)22-36(29(31(39)35-32(2,3)4)20-24-12-7-6-8-13-24)30(38)15-10-18-37(42(5,40)41)26-16-17-27(33)28(34)21-26/h6-9,11-14,16-17,19,21,29H,10,15,18,20,22H2,1-5H3,(H,35,39)/t29-/m1/s1. The van der Waals surface area contributed by atoms with Gasteiger partial charge in [-0.15, -0.1) is 0 Å². The second-order valence-electron chi connectivity index (χ2n) is 11.5. The van der Waals surface area contributed by atoms with Crippen LogP contribution in [0, 0.1) is 18.6 Å². The van der Waals surface area contributed by atoms with Crippen molar-refractivity contribution in [1.29, 1.82) is 0 Å². The predicted octanol–water partition coefficient (Wildman–Crippen LogP) is 5.37. The number of nitrogens with zero attached hydrogens (tertiary/aromatic N) is 2. The largest absolute Gasteiger partial charge is 0.350 e. The number of halogens is 2. The fraction of sp³-hybridized carbons (Fsp3) is 0.375. The summed E-state index contributed by atoms with van der Waals surface area (Å²) in [7, 11) is -3.85. The van der Waals surface area contributed by atoms with Crippen LogP contribution in [0.1, 0.15) is 50.3 Å². The molecular weight excluding hydrogens is 560 g/mol. The first-order chi connectivity index (χ1) is 19.6. The van der Waals surface area contributed by atoms with Gasteiger partial charge in [-0.25, -0.2) is 17.2 Å². The highest BCUT2D eigenvalue weighted by molar-refractivity contribution is 7.92. The molecule has 0 heterocycles. The van der Waals surface area contributed by atoms with Gasteiger partial charge in [0.05, 0.1) is 11.9 Å². The van der Waals surface area contributed by atoms with Gasteiger partial charge in [0.15, 0.2) is 11.6 Å². The Morgan fingerprint density at radius 3 is 2.17 bits per heavy atom. The number of rotatable bonds is 12. The lowest BCUT2D eigenvalue weighted by Gasteiger charge is -2.34. The van der Waals surface area contributed by atoms with Crippen LogP contribution in [0.2, 0.25) is 0 Å². The zero-order chi connectivity index (χ0) is 31.1. The fourth-order valence-electron chi connectivity index (χ4n) is 4.66. The lowest BCUT2D eigenvalue weighted by Crippen LogP contribution is -2.54. The van der Waals surface area contributed by atoms with E-state index in [2.05, 4.69) is 5.32 Å². The highest BCUT2D eigenvalue weighted by atomic mass is 32.2. The average Bonchev–Trinajstić information content (AvgIpc) is 2.89. The van der Waals surface area contributed by atoms with Crippen LogP contribution in [-0.4, -0.2) is 49.5 Å². The van der Waals surface area contributed by atoms with Crippen molar-refractivity contribution in [1.82, 2.24) is 10.2 Å². The molecule has 0 spiro atoms. The fourth-order valence-corrected chi connectivity index (χ4v) is 5.62. The Morgan fingerprint density at radius 1 is 0.905 bits per heavy atom. The number of carbonyl (C=O) groups is 2. The number of anilines is 1. The van der Waals surface area contributed by atoms with Crippen LogP contribution in [0.15, 0.2) is 72.8 Å². The summed E-state index contributed by atoms with van der Waals surface area (Å²) in [6.07, 6.45) is 1.27. The first kappa shape index (κ1) is 32.7. The molecule has 1 atom stereocenters. The van der Waals surface area contributed by atoms with Crippen LogP contribution in [0.4, 0.5) is 14.5 Å². The molecule has 0 bridgehead atoms. The molecule has 0 aliphatic heterocycles. The van der Waals surface area contributed by atoms with E-state index in [1.54, 1.807) is 4.90 Å². The van der Waals surface area contributed by atoms with Crippen LogP contribution in [-0.2, 0) is 32.6 Å². The number of benzene rings is 3. The molecule has 3 aromatic carbocycles. The highest BCUT2D eigenvalue weighted by Gasteiger charge is 2.32. The van der Waals surface area contributed by atoms with Crippen molar-refractivity contribution in [2.24, 2.45) is 0 Å². The molecule has 0 aliphatic rings. The molecule has 1 N–H and O–H groups in total. The van der Waals surface area contributed by atoms with E-state index in [1.165, 1.54) is 6.07 Å². The minimum Gasteiger partial charge on any atom is -0.350 e. The molecule has 0 saturated carbocycles. The van der Waals surface area contributed by atoms with Gasteiger partial charge in [-0.2, -0.15) is 0 Å². The molecule has 2 amide bonds. The van der Waals surface area contributed by atoms with Crippen molar-refractivity contribution >= 4 is 27.5 Å². The van der Waals surface area contributed by atoms with Gasteiger partial charge >= 0.3 is 0 Å². The SMILES string of the molecule is Cc1cccc(CN(C(=O)CCCN(c2ccc(F)c(F)c2)S(C)(=O)=O)[C@H](Cc2ccccc2)C(=O)NC(C)(C)C)c1. The summed E-state index contributed by atoms with van der Waals surface area (Å²) in [6.45, 7) is 7.60. The van der Waals surface area contributed by atoms with E-state index < -0.39 is 33.2 Å². The minimum atomic E-state index is -3.85. The van der Waals surface area contributed by atoms with E-state index in [9.17, 15) is 26.8 Å². The number of sulfonamides is 1. The minimum absolute atomic E-state index is 0.0352. The molecule has 42 heavy (non-hydrogen) atoms.